The molecule has 0 radical (unpaired) electrons. The van der Waals surface area contributed by atoms with Gasteiger partial charge in [0.1, 0.15) is 0 Å². The van der Waals surface area contributed by atoms with Crippen molar-refractivity contribution in [3.8, 4) is 0 Å². The molecule has 1 saturated heterocycles. The van der Waals surface area contributed by atoms with Gasteiger partial charge in [0.25, 0.3) is 8.32 Å². The van der Waals surface area contributed by atoms with E-state index in [0.29, 0.717) is 11.5 Å². The van der Waals surface area contributed by atoms with E-state index in [9.17, 15) is 0 Å². The summed E-state index contributed by atoms with van der Waals surface area (Å²) in [5.74, 6) is 0.729. The van der Waals surface area contributed by atoms with E-state index in [0.717, 1.165) is 5.92 Å². The molecular formula is C25H34OSi. The molecule has 0 spiro atoms. The lowest BCUT2D eigenvalue weighted by atomic mass is 9.62. The number of hydrogen-bond donors (Lipinski definition) is 0. The van der Waals surface area contributed by atoms with Crippen molar-refractivity contribution in [2.24, 2.45) is 11.3 Å². The quantitative estimate of drug-likeness (QED) is 0.665. The molecule has 2 atom stereocenters. The fourth-order valence-corrected chi connectivity index (χ4v) is 12.4. The highest BCUT2D eigenvalue weighted by atomic mass is 28.4. The summed E-state index contributed by atoms with van der Waals surface area (Å²) >= 11 is 0. The van der Waals surface area contributed by atoms with E-state index in [1.807, 2.05) is 0 Å². The van der Waals surface area contributed by atoms with E-state index in [-0.39, 0.29) is 0 Å². The van der Waals surface area contributed by atoms with E-state index in [2.05, 4.69) is 79.7 Å². The van der Waals surface area contributed by atoms with Crippen LogP contribution in [0.5, 0.6) is 0 Å². The minimum absolute atomic E-state index is 0.318. The minimum atomic E-state index is -2.26. The number of benzene rings is 2. The second kappa shape index (κ2) is 6.06. The Balaban J connectivity index is 2.00. The van der Waals surface area contributed by atoms with Crippen LogP contribution in [0.1, 0.15) is 53.6 Å². The highest BCUT2D eigenvalue weighted by molar-refractivity contribution is 6.99. The number of fused-ring (bicyclic) bond motifs is 1. The summed E-state index contributed by atoms with van der Waals surface area (Å²) in [7, 11) is -2.26. The Labute approximate surface area is 166 Å². The summed E-state index contributed by atoms with van der Waals surface area (Å²) in [5, 5.41) is 3.10. The molecule has 0 bridgehead atoms. The summed E-state index contributed by atoms with van der Waals surface area (Å²) in [6.07, 6.45) is 1.73. The first-order valence-electron chi connectivity index (χ1n) is 10.4. The largest absolute Gasteiger partial charge is 0.404 e. The highest BCUT2D eigenvalue weighted by Crippen LogP contribution is 2.56. The Bertz CT molecular complexity index is 820. The van der Waals surface area contributed by atoms with E-state index in [1.165, 1.54) is 45.8 Å². The van der Waals surface area contributed by atoms with Crippen LogP contribution < -0.4 is 10.4 Å². The molecule has 1 nitrogen and oxygen atoms in total. The van der Waals surface area contributed by atoms with Crippen LogP contribution in [0.25, 0.3) is 0 Å². The zero-order valence-electron chi connectivity index (χ0n) is 18.3. The van der Waals surface area contributed by atoms with Gasteiger partial charge in [0.15, 0.2) is 0 Å². The molecule has 27 heavy (non-hydrogen) atoms. The van der Waals surface area contributed by atoms with Crippen molar-refractivity contribution in [3.63, 3.8) is 0 Å². The molecule has 0 unspecified atom stereocenters. The van der Waals surface area contributed by atoms with E-state index in [4.69, 9.17) is 4.43 Å². The third-order valence-corrected chi connectivity index (χ3v) is 12.0. The summed E-state index contributed by atoms with van der Waals surface area (Å²) in [6.45, 7) is 18.4. The maximum Gasteiger partial charge on any atom is 0.257 e. The van der Waals surface area contributed by atoms with Crippen molar-refractivity contribution in [2.45, 2.75) is 74.0 Å². The van der Waals surface area contributed by atoms with Crippen molar-refractivity contribution < 1.29 is 4.43 Å². The fourth-order valence-electron chi connectivity index (χ4n) is 6.53. The molecule has 2 aliphatic rings. The van der Waals surface area contributed by atoms with Gasteiger partial charge in [-0.2, -0.15) is 0 Å². The molecule has 0 aromatic heterocycles. The molecule has 144 valence electrons. The van der Waals surface area contributed by atoms with Crippen LogP contribution in [-0.2, 0) is 4.43 Å². The molecule has 0 amide bonds. The molecule has 1 heterocycles. The summed E-state index contributed by atoms with van der Waals surface area (Å²) < 4.78 is 7.28. The first-order chi connectivity index (χ1) is 12.5. The average Bonchev–Trinajstić information content (AvgIpc) is 2.81. The highest BCUT2D eigenvalue weighted by Gasteiger charge is 2.62. The molecule has 1 aliphatic carbocycles. The van der Waals surface area contributed by atoms with Gasteiger partial charge in [0.2, 0.25) is 0 Å². The van der Waals surface area contributed by atoms with Gasteiger partial charge in [-0.15, -0.1) is 0 Å². The third kappa shape index (κ3) is 2.75. The Morgan fingerprint density at radius 2 is 1.19 bits per heavy atom. The topological polar surface area (TPSA) is 9.23 Å². The van der Waals surface area contributed by atoms with Gasteiger partial charge in [-0.3, -0.25) is 0 Å². The van der Waals surface area contributed by atoms with Crippen LogP contribution >= 0.6 is 0 Å². The molecule has 1 aliphatic heterocycles. The SMILES string of the molecule is Cc1cc(C)c([Si]2(c3c(C)cc(C)cc3C)C[C@@H]3CC(C)(C)[C@@H]3O2)c(C)c1. The third-order valence-electron chi connectivity index (χ3n) is 7.03. The second-order valence-corrected chi connectivity index (χ2v) is 13.4. The Kier molecular flexibility index (Phi) is 4.25. The van der Waals surface area contributed by atoms with Gasteiger partial charge >= 0.3 is 0 Å². The van der Waals surface area contributed by atoms with E-state index >= 15 is 0 Å². The molecule has 1 saturated carbocycles. The summed E-state index contributed by atoms with van der Waals surface area (Å²) in [4.78, 5) is 0. The average molecular weight is 379 g/mol. The van der Waals surface area contributed by atoms with E-state index in [1.54, 1.807) is 10.4 Å². The second-order valence-electron chi connectivity index (χ2n) is 10.1. The Hall–Kier alpha value is -1.38. The lowest BCUT2D eigenvalue weighted by Gasteiger charge is -2.47. The Morgan fingerprint density at radius 1 is 0.778 bits per heavy atom. The smallest absolute Gasteiger partial charge is 0.257 e. The molecule has 4 rings (SSSR count). The minimum Gasteiger partial charge on any atom is -0.404 e. The zero-order chi connectivity index (χ0) is 19.7. The van der Waals surface area contributed by atoms with Crippen LogP contribution in [-0.4, -0.2) is 14.4 Å². The maximum atomic E-state index is 7.28. The van der Waals surface area contributed by atoms with Crippen LogP contribution in [0.3, 0.4) is 0 Å². The zero-order valence-corrected chi connectivity index (χ0v) is 19.3. The number of aryl methyl sites for hydroxylation is 6. The van der Waals surface area contributed by atoms with Crippen molar-refractivity contribution in [1.82, 2.24) is 0 Å². The number of hydrogen-bond acceptors (Lipinski definition) is 1. The lowest BCUT2D eigenvalue weighted by molar-refractivity contribution is -0.0491. The van der Waals surface area contributed by atoms with Crippen molar-refractivity contribution >= 4 is 18.7 Å². The monoisotopic (exact) mass is 378 g/mol. The Morgan fingerprint density at radius 3 is 1.52 bits per heavy atom. The van der Waals surface area contributed by atoms with Crippen LogP contribution in [0.15, 0.2) is 24.3 Å². The molecule has 2 fully saturated rings. The van der Waals surface area contributed by atoms with Crippen molar-refractivity contribution in [3.05, 3.63) is 57.6 Å². The van der Waals surface area contributed by atoms with Gasteiger partial charge in [-0.05, 0) is 98.0 Å². The van der Waals surface area contributed by atoms with E-state index < -0.39 is 8.32 Å². The van der Waals surface area contributed by atoms with Gasteiger partial charge in [-0.1, -0.05) is 49.2 Å². The van der Waals surface area contributed by atoms with Gasteiger partial charge in [0.05, 0.1) is 6.10 Å². The van der Waals surface area contributed by atoms with Gasteiger partial charge in [-0.25, -0.2) is 0 Å². The predicted octanol–water partition coefficient (Wildman–Crippen LogP) is 5.04. The molecule has 2 heteroatoms. The normalized spacial score (nSPS) is 25.2. The molecular weight excluding hydrogens is 344 g/mol. The van der Waals surface area contributed by atoms with Crippen LogP contribution in [0.4, 0.5) is 0 Å². The fraction of sp³-hybridized carbons (Fsp3) is 0.520. The standard InChI is InChI=1S/C25H34OSi/c1-15-9-17(3)22(18(4)10-15)27(14-21-13-25(7,8)24(21)26-27)23-19(5)11-16(2)12-20(23)6/h9-12,21,24H,13-14H2,1-8H3/t21-,24+/m0/s1. The maximum absolute atomic E-state index is 7.28. The first kappa shape index (κ1) is 19.0. The van der Waals surface area contributed by atoms with Gasteiger partial charge in [0, 0.05) is 0 Å². The lowest BCUT2D eigenvalue weighted by Crippen LogP contribution is -2.62. The van der Waals surface area contributed by atoms with Crippen molar-refractivity contribution in [1.29, 1.82) is 0 Å². The summed E-state index contributed by atoms with van der Waals surface area (Å²) in [6, 6.07) is 10.7. The molecule has 2 aromatic carbocycles. The first-order valence-corrected chi connectivity index (χ1v) is 12.5. The molecule has 2 aromatic rings. The van der Waals surface area contributed by atoms with Crippen molar-refractivity contribution in [2.75, 3.05) is 0 Å². The van der Waals surface area contributed by atoms with Crippen LogP contribution in [0.2, 0.25) is 6.04 Å². The van der Waals surface area contributed by atoms with Gasteiger partial charge < -0.3 is 4.43 Å². The summed E-state index contributed by atoms with van der Waals surface area (Å²) in [5.41, 5.74) is 8.75. The van der Waals surface area contributed by atoms with Crippen LogP contribution in [0, 0.1) is 52.9 Å². The molecule has 0 N–H and O–H groups in total. The predicted molar refractivity (Wildman–Crippen MR) is 118 cm³/mol. The number of rotatable bonds is 2.